The highest BCUT2D eigenvalue weighted by Gasteiger charge is 2.15. The molecule has 0 saturated heterocycles. The fraction of sp³-hybridized carbons (Fsp3) is 0.438. The number of fused-ring (bicyclic) bond motifs is 1. The van der Waals surface area contributed by atoms with E-state index >= 15 is 0 Å². The van der Waals surface area contributed by atoms with Crippen LogP contribution < -0.4 is 5.73 Å². The lowest BCUT2D eigenvalue weighted by molar-refractivity contribution is -0.140. The van der Waals surface area contributed by atoms with Gasteiger partial charge in [-0.2, -0.15) is 0 Å². The van der Waals surface area contributed by atoms with Gasteiger partial charge in [0, 0.05) is 42.5 Å². The first-order valence-electron chi connectivity index (χ1n) is 6.90. The molecular weight excluding hydrogens is 252 g/mol. The van der Waals surface area contributed by atoms with Gasteiger partial charge in [-0.3, -0.25) is 4.79 Å². The largest absolute Gasteiger partial charge is 0.469 e. The highest BCUT2D eigenvalue weighted by molar-refractivity contribution is 5.85. The van der Waals surface area contributed by atoms with Crippen LogP contribution in [0.4, 0.5) is 0 Å². The van der Waals surface area contributed by atoms with Crippen LogP contribution in [0.25, 0.3) is 10.9 Å². The molecule has 2 N–H and O–H groups in total. The average Bonchev–Trinajstić information content (AvgIpc) is 2.70. The fourth-order valence-electron chi connectivity index (χ4n) is 2.68. The molecule has 2 rings (SSSR count). The van der Waals surface area contributed by atoms with E-state index in [9.17, 15) is 4.79 Å². The first kappa shape index (κ1) is 14.6. The van der Waals surface area contributed by atoms with Crippen LogP contribution in [-0.2, 0) is 23.0 Å². The quantitative estimate of drug-likeness (QED) is 0.851. The number of nitrogens with two attached hydrogens (primary N) is 1. The SMILES string of the molecule is COC(=O)CCC(N)Cc1c(C)c2ccccc2n1C. The number of aromatic nitrogens is 1. The van der Waals surface area contributed by atoms with Crippen LogP contribution in [0.5, 0.6) is 0 Å². The summed E-state index contributed by atoms with van der Waals surface area (Å²) in [5.74, 6) is -0.200. The molecule has 0 aliphatic carbocycles. The minimum absolute atomic E-state index is 0.0317. The minimum atomic E-state index is -0.200. The van der Waals surface area contributed by atoms with Gasteiger partial charge in [-0.05, 0) is 25.0 Å². The smallest absolute Gasteiger partial charge is 0.305 e. The third-order valence-electron chi connectivity index (χ3n) is 3.91. The molecule has 1 atom stereocenters. The van der Waals surface area contributed by atoms with Gasteiger partial charge >= 0.3 is 5.97 Å². The lowest BCUT2D eigenvalue weighted by Gasteiger charge is -2.13. The molecule has 0 radical (unpaired) electrons. The van der Waals surface area contributed by atoms with Crippen molar-refractivity contribution in [2.45, 2.75) is 32.2 Å². The van der Waals surface area contributed by atoms with E-state index < -0.39 is 0 Å². The van der Waals surface area contributed by atoms with E-state index in [1.165, 1.54) is 29.3 Å². The number of aryl methyl sites for hydroxylation is 2. The molecule has 1 aromatic heterocycles. The Kier molecular flexibility index (Phi) is 4.45. The van der Waals surface area contributed by atoms with Gasteiger partial charge in [0.25, 0.3) is 0 Å². The zero-order valence-corrected chi connectivity index (χ0v) is 12.3. The Bertz CT molecular complexity index is 577. The molecular formula is C16H22N2O2. The molecule has 0 bridgehead atoms. The van der Waals surface area contributed by atoms with Crippen LogP contribution in [0.1, 0.15) is 24.1 Å². The standard InChI is InChI=1S/C16H22N2O2/c1-11-13-6-4-5-7-14(13)18(2)15(11)10-12(17)8-9-16(19)20-3/h4-7,12H,8-10,17H2,1-3H3. The van der Waals surface area contributed by atoms with Gasteiger partial charge in [0.1, 0.15) is 0 Å². The van der Waals surface area contributed by atoms with Crippen LogP contribution in [0.2, 0.25) is 0 Å². The Morgan fingerprint density at radius 3 is 2.75 bits per heavy atom. The normalized spacial score (nSPS) is 12.6. The van der Waals surface area contributed by atoms with Gasteiger partial charge in [-0.25, -0.2) is 0 Å². The number of carbonyl (C=O) groups is 1. The average molecular weight is 274 g/mol. The number of nitrogens with zero attached hydrogens (tertiary/aromatic N) is 1. The monoisotopic (exact) mass is 274 g/mol. The number of esters is 1. The van der Waals surface area contributed by atoms with E-state index in [-0.39, 0.29) is 12.0 Å². The van der Waals surface area contributed by atoms with Crippen molar-refractivity contribution in [2.24, 2.45) is 12.8 Å². The maximum atomic E-state index is 11.2. The molecule has 0 aliphatic heterocycles. The molecule has 1 aromatic carbocycles. The van der Waals surface area contributed by atoms with Crippen LogP contribution in [0.3, 0.4) is 0 Å². The van der Waals surface area contributed by atoms with Gasteiger partial charge in [-0.15, -0.1) is 0 Å². The summed E-state index contributed by atoms with van der Waals surface area (Å²) in [5, 5.41) is 1.27. The Labute approximate surface area is 119 Å². The summed E-state index contributed by atoms with van der Waals surface area (Å²) in [7, 11) is 3.47. The molecule has 0 amide bonds. The molecule has 20 heavy (non-hydrogen) atoms. The van der Waals surface area contributed by atoms with E-state index in [1.807, 2.05) is 6.07 Å². The van der Waals surface area contributed by atoms with Crippen molar-refractivity contribution in [3.05, 3.63) is 35.5 Å². The highest BCUT2D eigenvalue weighted by Crippen LogP contribution is 2.25. The summed E-state index contributed by atoms with van der Waals surface area (Å²) in [6, 6.07) is 8.31. The van der Waals surface area contributed by atoms with Crippen molar-refractivity contribution >= 4 is 16.9 Å². The number of carbonyl (C=O) groups excluding carboxylic acids is 1. The van der Waals surface area contributed by atoms with Gasteiger partial charge in [0.2, 0.25) is 0 Å². The lowest BCUT2D eigenvalue weighted by atomic mass is 10.0. The summed E-state index contributed by atoms with van der Waals surface area (Å²) < 4.78 is 6.84. The summed E-state index contributed by atoms with van der Waals surface area (Å²) in [6.45, 7) is 2.13. The van der Waals surface area contributed by atoms with Crippen LogP contribution in [0.15, 0.2) is 24.3 Å². The second kappa shape index (κ2) is 6.09. The van der Waals surface area contributed by atoms with Gasteiger partial charge in [0.05, 0.1) is 7.11 Å². The molecule has 2 aromatic rings. The number of hydrogen-bond donors (Lipinski definition) is 1. The van der Waals surface area contributed by atoms with Crippen molar-refractivity contribution in [1.29, 1.82) is 0 Å². The zero-order chi connectivity index (χ0) is 14.7. The summed E-state index contributed by atoms with van der Waals surface area (Å²) in [6.07, 6.45) is 1.79. The molecule has 4 heteroatoms. The second-order valence-corrected chi connectivity index (χ2v) is 5.23. The molecule has 1 unspecified atom stereocenters. The molecule has 0 spiro atoms. The highest BCUT2D eigenvalue weighted by atomic mass is 16.5. The lowest BCUT2D eigenvalue weighted by Crippen LogP contribution is -2.25. The predicted molar refractivity (Wildman–Crippen MR) is 80.6 cm³/mol. The number of para-hydroxylation sites is 1. The Morgan fingerprint density at radius 2 is 2.10 bits per heavy atom. The molecule has 0 saturated carbocycles. The number of methoxy groups -OCH3 is 1. The van der Waals surface area contributed by atoms with Crippen LogP contribution in [0, 0.1) is 6.92 Å². The Hall–Kier alpha value is -1.81. The molecule has 1 heterocycles. The summed E-state index contributed by atoms with van der Waals surface area (Å²) in [4.78, 5) is 11.2. The molecule has 0 fully saturated rings. The molecule has 0 aliphatic rings. The van der Waals surface area contributed by atoms with Crippen molar-refractivity contribution < 1.29 is 9.53 Å². The summed E-state index contributed by atoms with van der Waals surface area (Å²) in [5.41, 5.74) is 9.88. The van der Waals surface area contributed by atoms with Crippen molar-refractivity contribution in [2.75, 3.05) is 7.11 Å². The second-order valence-electron chi connectivity index (χ2n) is 5.23. The van der Waals surface area contributed by atoms with Crippen molar-refractivity contribution in [3.8, 4) is 0 Å². The first-order chi connectivity index (χ1) is 9.54. The number of benzene rings is 1. The Morgan fingerprint density at radius 1 is 1.40 bits per heavy atom. The van der Waals surface area contributed by atoms with E-state index in [0.717, 1.165) is 6.42 Å². The number of ether oxygens (including phenoxy) is 1. The first-order valence-corrected chi connectivity index (χ1v) is 6.90. The predicted octanol–water partition coefficient (Wildman–Crippen LogP) is 2.31. The van der Waals surface area contributed by atoms with E-state index in [1.54, 1.807) is 0 Å². The van der Waals surface area contributed by atoms with Gasteiger partial charge in [0.15, 0.2) is 0 Å². The number of hydrogen-bond acceptors (Lipinski definition) is 3. The van der Waals surface area contributed by atoms with Gasteiger partial charge < -0.3 is 15.0 Å². The third-order valence-corrected chi connectivity index (χ3v) is 3.91. The third kappa shape index (κ3) is 2.85. The zero-order valence-electron chi connectivity index (χ0n) is 12.3. The van der Waals surface area contributed by atoms with Crippen molar-refractivity contribution in [1.82, 2.24) is 4.57 Å². The topological polar surface area (TPSA) is 57.2 Å². The minimum Gasteiger partial charge on any atom is -0.469 e. The number of rotatable bonds is 5. The molecule has 4 nitrogen and oxygen atoms in total. The van der Waals surface area contributed by atoms with Gasteiger partial charge in [-0.1, -0.05) is 18.2 Å². The van der Waals surface area contributed by atoms with Crippen LogP contribution >= 0.6 is 0 Å². The summed E-state index contributed by atoms with van der Waals surface area (Å²) >= 11 is 0. The van der Waals surface area contributed by atoms with E-state index in [2.05, 4.69) is 41.5 Å². The van der Waals surface area contributed by atoms with E-state index in [0.29, 0.717) is 12.8 Å². The van der Waals surface area contributed by atoms with Crippen molar-refractivity contribution in [3.63, 3.8) is 0 Å². The maximum Gasteiger partial charge on any atom is 0.305 e. The Balaban J connectivity index is 2.15. The fourth-order valence-corrected chi connectivity index (χ4v) is 2.68. The van der Waals surface area contributed by atoms with Crippen LogP contribution in [-0.4, -0.2) is 23.7 Å². The van der Waals surface area contributed by atoms with E-state index in [4.69, 9.17) is 5.73 Å². The maximum absolute atomic E-state index is 11.2. The molecule has 108 valence electrons.